The van der Waals surface area contributed by atoms with Gasteiger partial charge in [0.15, 0.2) is 6.10 Å². The van der Waals surface area contributed by atoms with Gasteiger partial charge in [-0.2, -0.15) is 0 Å². The van der Waals surface area contributed by atoms with E-state index in [9.17, 15) is 14.4 Å². The van der Waals surface area contributed by atoms with Gasteiger partial charge in [-0.3, -0.25) is 14.4 Å². The molecule has 6 heteroatoms. The predicted octanol–water partition coefficient (Wildman–Crippen LogP) is 16.8. The van der Waals surface area contributed by atoms with Crippen LogP contribution in [-0.2, 0) is 28.6 Å². The first-order valence-corrected chi connectivity index (χ1v) is 25.7. The van der Waals surface area contributed by atoms with Gasteiger partial charge in [-0.15, -0.1) is 0 Å². The Morgan fingerprint density at radius 3 is 1.08 bits per heavy atom. The first kappa shape index (κ1) is 58.6. The molecule has 0 heterocycles. The molecule has 0 aliphatic carbocycles. The average molecular weight is 863 g/mol. The maximum Gasteiger partial charge on any atom is 0.306 e. The molecule has 0 radical (unpaired) electrons. The number of unbranched alkanes of at least 4 members (excludes halogenated alkanes) is 24. The molecule has 0 fully saturated rings. The molecule has 0 saturated heterocycles. The maximum atomic E-state index is 12.7. The summed E-state index contributed by atoms with van der Waals surface area (Å²) in [7, 11) is 0. The van der Waals surface area contributed by atoms with Crippen molar-refractivity contribution in [3.63, 3.8) is 0 Å². The summed E-state index contributed by atoms with van der Waals surface area (Å²) in [5, 5.41) is 0. The highest BCUT2D eigenvalue weighted by atomic mass is 16.6. The van der Waals surface area contributed by atoms with Crippen molar-refractivity contribution in [3.8, 4) is 0 Å². The lowest BCUT2D eigenvalue weighted by molar-refractivity contribution is -0.167. The van der Waals surface area contributed by atoms with Gasteiger partial charge in [0.1, 0.15) is 13.2 Å². The van der Waals surface area contributed by atoms with E-state index in [2.05, 4.69) is 51.2 Å². The fourth-order valence-corrected chi connectivity index (χ4v) is 6.87. The summed E-state index contributed by atoms with van der Waals surface area (Å²) in [5.74, 6) is -1.02. The summed E-state index contributed by atoms with van der Waals surface area (Å²) in [4.78, 5) is 37.9. The molecular weight excluding hydrogens is 769 g/mol. The highest BCUT2D eigenvalue weighted by molar-refractivity contribution is 5.71. The van der Waals surface area contributed by atoms with Gasteiger partial charge in [0, 0.05) is 19.3 Å². The quantitative estimate of drug-likeness (QED) is 0.0199. The molecule has 6 nitrogen and oxygen atoms in total. The van der Waals surface area contributed by atoms with Crippen molar-refractivity contribution in [1.82, 2.24) is 0 Å². The highest BCUT2D eigenvalue weighted by Crippen LogP contribution is 2.14. The summed E-state index contributed by atoms with van der Waals surface area (Å²) in [5.41, 5.74) is 0. The second-order valence-electron chi connectivity index (χ2n) is 16.8. The van der Waals surface area contributed by atoms with Crippen LogP contribution in [0.2, 0.25) is 0 Å². The molecule has 0 aliphatic rings. The van der Waals surface area contributed by atoms with Crippen LogP contribution in [0.15, 0.2) is 85.1 Å². The fraction of sp³-hybridized carbons (Fsp3) is 0.696. The number of rotatable bonds is 45. The lowest BCUT2D eigenvalue weighted by atomic mass is 10.1. The van der Waals surface area contributed by atoms with E-state index >= 15 is 0 Å². The van der Waals surface area contributed by atoms with E-state index in [4.69, 9.17) is 14.2 Å². The Hall–Kier alpha value is -3.41. The second-order valence-corrected chi connectivity index (χ2v) is 16.8. The molecule has 0 rings (SSSR count). The molecule has 0 aromatic rings. The summed E-state index contributed by atoms with van der Waals surface area (Å²) < 4.78 is 16.7. The third kappa shape index (κ3) is 47.6. The molecule has 0 saturated carbocycles. The SMILES string of the molecule is CC/C=C/C=C/C=C/C=C/C=C/CCCC(=O)OC(COC(=O)CCCCC/C=C/CCCCCCCC)COC(=O)CCCCCCC/C=C/CCCCCCCCCCC. The molecule has 0 aliphatic heterocycles. The Labute approximate surface area is 382 Å². The average Bonchev–Trinajstić information content (AvgIpc) is 3.27. The van der Waals surface area contributed by atoms with Crippen LogP contribution >= 0.6 is 0 Å². The smallest absolute Gasteiger partial charge is 0.306 e. The molecule has 0 spiro atoms. The minimum Gasteiger partial charge on any atom is -0.462 e. The first-order valence-electron chi connectivity index (χ1n) is 25.7. The van der Waals surface area contributed by atoms with Gasteiger partial charge in [-0.25, -0.2) is 0 Å². The highest BCUT2D eigenvalue weighted by Gasteiger charge is 2.19. The monoisotopic (exact) mass is 863 g/mol. The van der Waals surface area contributed by atoms with E-state index in [0.29, 0.717) is 19.3 Å². The predicted molar refractivity (Wildman–Crippen MR) is 265 cm³/mol. The Morgan fingerprint density at radius 2 is 0.661 bits per heavy atom. The van der Waals surface area contributed by atoms with Gasteiger partial charge in [0.25, 0.3) is 0 Å². The van der Waals surface area contributed by atoms with Crippen LogP contribution in [0.4, 0.5) is 0 Å². The van der Waals surface area contributed by atoms with Crippen molar-refractivity contribution in [2.75, 3.05) is 13.2 Å². The molecule has 0 aromatic heterocycles. The molecule has 0 amide bonds. The van der Waals surface area contributed by atoms with Crippen LogP contribution < -0.4 is 0 Å². The van der Waals surface area contributed by atoms with Crippen LogP contribution in [0, 0.1) is 0 Å². The number of carbonyl (C=O) groups excluding carboxylic acids is 3. The van der Waals surface area contributed by atoms with Crippen LogP contribution in [0.1, 0.15) is 233 Å². The number of hydrogen-bond acceptors (Lipinski definition) is 6. The van der Waals surface area contributed by atoms with Gasteiger partial charge >= 0.3 is 17.9 Å². The van der Waals surface area contributed by atoms with Crippen molar-refractivity contribution in [2.24, 2.45) is 0 Å². The Morgan fingerprint density at radius 1 is 0.339 bits per heavy atom. The van der Waals surface area contributed by atoms with Crippen LogP contribution in [0.5, 0.6) is 0 Å². The molecular formula is C56H94O6. The summed E-state index contributed by atoms with van der Waals surface area (Å²) in [6.45, 7) is 6.40. The Bertz CT molecular complexity index is 1220. The van der Waals surface area contributed by atoms with Crippen LogP contribution in [0.3, 0.4) is 0 Å². The Kier molecular flexibility index (Phi) is 47.5. The molecule has 0 bridgehead atoms. The van der Waals surface area contributed by atoms with Crippen molar-refractivity contribution in [1.29, 1.82) is 0 Å². The number of esters is 3. The molecule has 1 unspecified atom stereocenters. The number of carbonyl (C=O) groups is 3. The Balaban J connectivity index is 4.47. The summed E-state index contributed by atoms with van der Waals surface area (Å²) >= 11 is 0. The number of allylic oxidation sites excluding steroid dienone is 14. The maximum absolute atomic E-state index is 12.7. The summed E-state index contributed by atoms with van der Waals surface area (Å²) in [6.07, 6.45) is 64.4. The van der Waals surface area contributed by atoms with Crippen LogP contribution in [-0.4, -0.2) is 37.2 Å². The van der Waals surface area contributed by atoms with E-state index in [-0.39, 0.29) is 37.5 Å². The molecule has 0 N–H and O–H groups in total. The minimum atomic E-state index is -0.822. The second kappa shape index (κ2) is 50.2. The topological polar surface area (TPSA) is 78.9 Å². The third-order valence-corrected chi connectivity index (χ3v) is 10.7. The van der Waals surface area contributed by atoms with Gasteiger partial charge in [-0.05, 0) is 83.5 Å². The van der Waals surface area contributed by atoms with Gasteiger partial charge in [0.2, 0.25) is 0 Å². The summed E-state index contributed by atoms with van der Waals surface area (Å²) in [6, 6.07) is 0. The molecule has 62 heavy (non-hydrogen) atoms. The van der Waals surface area contributed by atoms with Crippen LogP contribution in [0.25, 0.3) is 0 Å². The zero-order valence-electron chi connectivity index (χ0n) is 40.4. The van der Waals surface area contributed by atoms with E-state index in [1.54, 1.807) is 0 Å². The lowest BCUT2D eigenvalue weighted by Gasteiger charge is -2.18. The number of hydrogen-bond donors (Lipinski definition) is 0. The van der Waals surface area contributed by atoms with E-state index in [1.807, 2.05) is 54.7 Å². The molecule has 1 atom stereocenters. The van der Waals surface area contributed by atoms with Crippen molar-refractivity contribution >= 4 is 17.9 Å². The molecule has 354 valence electrons. The third-order valence-electron chi connectivity index (χ3n) is 10.7. The van der Waals surface area contributed by atoms with Gasteiger partial charge < -0.3 is 14.2 Å². The molecule has 0 aromatic carbocycles. The van der Waals surface area contributed by atoms with Crippen molar-refractivity contribution in [3.05, 3.63) is 85.1 Å². The van der Waals surface area contributed by atoms with E-state index < -0.39 is 6.10 Å². The minimum absolute atomic E-state index is 0.114. The zero-order chi connectivity index (χ0) is 45.1. The number of ether oxygens (including phenoxy) is 3. The van der Waals surface area contributed by atoms with E-state index in [1.165, 1.54) is 109 Å². The van der Waals surface area contributed by atoms with Gasteiger partial charge in [-0.1, -0.05) is 215 Å². The van der Waals surface area contributed by atoms with Crippen molar-refractivity contribution in [2.45, 2.75) is 239 Å². The first-order chi connectivity index (χ1) is 30.5. The fourth-order valence-electron chi connectivity index (χ4n) is 6.87. The van der Waals surface area contributed by atoms with Gasteiger partial charge in [0.05, 0.1) is 0 Å². The van der Waals surface area contributed by atoms with E-state index in [0.717, 1.165) is 77.0 Å². The van der Waals surface area contributed by atoms with Crippen molar-refractivity contribution < 1.29 is 28.6 Å². The standard InChI is InChI=1S/C56H94O6/c1-4-7-10-13-16-19-22-25-26-27-28-29-32-34-37-40-43-46-49-55(58)61-52-53(62-56(59)50-47-44-41-38-35-31-24-21-18-15-12-9-6-3)51-60-54(57)48-45-42-39-36-33-30-23-20-17-14-11-8-5-2/h9,12,15,18,21,24,28-31,33,35,38,41,53H,4-8,10-11,13-14,16-17,19-20,22-23,25-27,32,34,36-37,39-40,42-52H2,1-3H3/b12-9+,18-15+,24-21+,29-28+,33-30+,35-31+,41-38+. The normalized spacial score (nSPS) is 12.8. The zero-order valence-corrected chi connectivity index (χ0v) is 40.4. The lowest BCUT2D eigenvalue weighted by Crippen LogP contribution is -2.30. The largest absolute Gasteiger partial charge is 0.462 e.